The Morgan fingerprint density at radius 3 is 3.00 bits per heavy atom. The maximum absolute atomic E-state index is 8.77. The monoisotopic (exact) mass is 170 g/mol. The van der Waals surface area contributed by atoms with Crippen LogP contribution in [0.15, 0.2) is 16.8 Å². The maximum atomic E-state index is 8.77. The Morgan fingerprint density at radius 2 is 2.30 bits per heavy atom. The fraction of sp³-hybridized carbons (Fsp3) is 0.143. The van der Waals surface area contributed by atoms with Crippen molar-refractivity contribution in [1.29, 1.82) is 0 Å². The molecule has 0 unspecified atom stereocenters. The van der Waals surface area contributed by atoms with E-state index in [0.717, 1.165) is 4.88 Å². The van der Waals surface area contributed by atoms with Gasteiger partial charge in [0, 0.05) is 20.3 Å². The molecule has 0 bridgehead atoms. The second-order valence-corrected chi connectivity index (χ2v) is 3.97. The minimum absolute atomic E-state index is 0.171. The molecule has 0 aliphatic carbocycles. The topological polar surface area (TPSA) is 20.2 Å². The van der Waals surface area contributed by atoms with Gasteiger partial charge in [-0.15, -0.1) is 11.3 Å². The Morgan fingerprint density at radius 1 is 1.40 bits per heavy atom. The van der Waals surface area contributed by atoms with Crippen LogP contribution in [0.25, 0.3) is 10.1 Å². The van der Waals surface area contributed by atoms with Crippen molar-refractivity contribution in [3.8, 4) is 0 Å². The number of thiophene rings is 2. The van der Waals surface area contributed by atoms with Crippen LogP contribution in [-0.4, -0.2) is 5.11 Å². The first-order chi connectivity index (χ1) is 4.90. The van der Waals surface area contributed by atoms with Crippen LogP contribution in [-0.2, 0) is 6.61 Å². The largest absolute Gasteiger partial charge is 0.391 e. The Kier molecular flexibility index (Phi) is 1.48. The Balaban J connectivity index is 2.67. The summed E-state index contributed by atoms with van der Waals surface area (Å²) in [6.07, 6.45) is 0. The lowest BCUT2D eigenvalue weighted by molar-refractivity contribution is 0.285. The van der Waals surface area contributed by atoms with Crippen LogP contribution in [0.3, 0.4) is 0 Å². The van der Waals surface area contributed by atoms with Crippen molar-refractivity contribution < 1.29 is 5.11 Å². The van der Waals surface area contributed by atoms with Crippen LogP contribution in [0, 0.1) is 0 Å². The molecular formula is C7H6OS2. The molecule has 10 heavy (non-hydrogen) atoms. The Labute approximate surface area is 66.6 Å². The van der Waals surface area contributed by atoms with Gasteiger partial charge in [0.15, 0.2) is 0 Å². The molecule has 1 nitrogen and oxygen atoms in total. The van der Waals surface area contributed by atoms with Crippen molar-refractivity contribution in [2.45, 2.75) is 6.61 Å². The number of aliphatic hydroxyl groups excluding tert-OH is 1. The van der Waals surface area contributed by atoms with Gasteiger partial charge in [0.1, 0.15) is 0 Å². The molecule has 0 amide bonds. The zero-order valence-corrected chi connectivity index (χ0v) is 6.84. The quantitative estimate of drug-likeness (QED) is 0.697. The van der Waals surface area contributed by atoms with E-state index in [4.69, 9.17) is 5.11 Å². The van der Waals surface area contributed by atoms with Gasteiger partial charge in [-0.1, -0.05) is 0 Å². The summed E-state index contributed by atoms with van der Waals surface area (Å²) >= 11 is 3.37. The molecule has 0 aromatic carbocycles. The van der Waals surface area contributed by atoms with Crippen molar-refractivity contribution in [3.63, 3.8) is 0 Å². The van der Waals surface area contributed by atoms with Crippen LogP contribution >= 0.6 is 22.7 Å². The van der Waals surface area contributed by atoms with Crippen molar-refractivity contribution in [3.05, 3.63) is 21.7 Å². The second kappa shape index (κ2) is 2.34. The van der Waals surface area contributed by atoms with Gasteiger partial charge in [0.25, 0.3) is 0 Å². The first-order valence-corrected chi connectivity index (χ1v) is 4.71. The number of hydrogen-bond acceptors (Lipinski definition) is 3. The first-order valence-electron chi connectivity index (χ1n) is 2.95. The third kappa shape index (κ3) is 0.868. The molecule has 0 fully saturated rings. The van der Waals surface area contributed by atoms with Crippen LogP contribution < -0.4 is 0 Å². The SMILES string of the molecule is OCc1cc2cscc2s1. The molecule has 2 heterocycles. The molecule has 0 atom stereocenters. The molecule has 2 aromatic heterocycles. The van der Waals surface area contributed by atoms with Gasteiger partial charge in [0.05, 0.1) is 6.61 Å². The van der Waals surface area contributed by atoms with E-state index in [2.05, 4.69) is 10.8 Å². The van der Waals surface area contributed by atoms with Crippen LogP contribution in [0.4, 0.5) is 0 Å². The maximum Gasteiger partial charge on any atom is 0.0774 e. The minimum Gasteiger partial charge on any atom is -0.391 e. The number of fused-ring (bicyclic) bond motifs is 1. The predicted octanol–water partition coefficient (Wildman–Crippen LogP) is 2.46. The number of aliphatic hydroxyl groups is 1. The van der Waals surface area contributed by atoms with Gasteiger partial charge in [-0.05, 0) is 11.4 Å². The lowest BCUT2D eigenvalue weighted by Crippen LogP contribution is -1.70. The highest BCUT2D eigenvalue weighted by atomic mass is 32.1. The molecule has 0 saturated carbocycles. The van der Waals surface area contributed by atoms with Gasteiger partial charge >= 0.3 is 0 Å². The molecule has 0 spiro atoms. The minimum atomic E-state index is 0.171. The number of rotatable bonds is 1. The predicted molar refractivity (Wildman–Crippen MR) is 45.6 cm³/mol. The molecule has 0 aliphatic rings. The van der Waals surface area contributed by atoms with Crippen molar-refractivity contribution in [2.24, 2.45) is 0 Å². The van der Waals surface area contributed by atoms with Crippen LogP contribution in [0.5, 0.6) is 0 Å². The van der Waals surface area contributed by atoms with Gasteiger partial charge in [-0.25, -0.2) is 0 Å². The Bertz CT molecular complexity index is 305. The van der Waals surface area contributed by atoms with E-state index < -0.39 is 0 Å². The van der Waals surface area contributed by atoms with E-state index in [-0.39, 0.29) is 6.61 Å². The van der Waals surface area contributed by atoms with E-state index in [0.29, 0.717) is 0 Å². The van der Waals surface area contributed by atoms with Crippen molar-refractivity contribution >= 4 is 32.8 Å². The number of hydrogen-bond donors (Lipinski definition) is 1. The smallest absolute Gasteiger partial charge is 0.0774 e. The summed E-state index contributed by atoms with van der Waals surface area (Å²) in [6.45, 7) is 0.171. The summed E-state index contributed by atoms with van der Waals surface area (Å²) in [5.74, 6) is 0. The van der Waals surface area contributed by atoms with Crippen molar-refractivity contribution in [1.82, 2.24) is 0 Å². The zero-order chi connectivity index (χ0) is 6.97. The average Bonchev–Trinajstić information content (AvgIpc) is 2.42. The molecule has 3 heteroatoms. The highest BCUT2D eigenvalue weighted by Gasteiger charge is 1.99. The molecule has 0 aliphatic heterocycles. The van der Waals surface area contributed by atoms with Gasteiger partial charge in [-0.3, -0.25) is 0 Å². The van der Waals surface area contributed by atoms with Crippen molar-refractivity contribution in [2.75, 3.05) is 0 Å². The summed E-state index contributed by atoms with van der Waals surface area (Å²) < 4.78 is 1.29. The lowest BCUT2D eigenvalue weighted by Gasteiger charge is -1.80. The molecule has 1 N–H and O–H groups in total. The molecule has 0 radical (unpaired) electrons. The van der Waals surface area contributed by atoms with E-state index in [1.165, 1.54) is 10.1 Å². The van der Waals surface area contributed by atoms with Gasteiger partial charge in [-0.2, -0.15) is 11.3 Å². The Hall–Kier alpha value is -0.380. The van der Waals surface area contributed by atoms with E-state index in [1.807, 2.05) is 6.07 Å². The second-order valence-electron chi connectivity index (χ2n) is 2.06. The van der Waals surface area contributed by atoms with Gasteiger partial charge in [0.2, 0.25) is 0 Å². The van der Waals surface area contributed by atoms with E-state index in [1.54, 1.807) is 22.7 Å². The summed E-state index contributed by atoms with van der Waals surface area (Å²) in [5.41, 5.74) is 0. The lowest BCUT2D eigenvalue weighted by atomic mass is 10.4. The molecule has 0 saturated heterocycles. The van der Waals surface area contributed by atoms with Crippen LogP contribution in [0.1, 0.15) is 4.88 Å². The van der Waals surface area contributed by atoms with E-state index in [9.17, 15) is 0 Å². The summed E-state index contributed by atoms with van der Waals surface area (Å²) in [6, 6.07) is 2.04. The molecular weight excluding hydrogens is 164 g/mol. The summed E-state index contributed by atoms with van der Waals surface area (Å²) in [5, 5.41) is 14.2. The van der Waals surface area contributed by atoms with Gasteiger partial charge < -0.3 is 5.11 Å². The molecule has 2 aromatic rings. The third-order valence-corrected chi connectivity index (χ3v) is 3.36. The van der Waals surface area contributed by atoms with Crippen LogP contribution in [0.2, 0.25) is 0 Å². The standard InChI is InChI=1S/C7H6OS2/c8-2-6-1-5-3-9-4-7(5)10-6/h1,3-4,8H,2H2. The molecule has 52 valence electrons. The average molecular weight is 170 g/mol. The molecule has 2 rings (SSSR count). The normalized spacial score (nSPS) is 10.9. The third-order valence-electron chi connectivity index (χ3n) is 1.37. The zero-order valence-electron chi connectivity index (χ0n) is 5.20. The highest BCUT2D eigenvalue weighted by Crippen LogP contribution is 2.28. The first kappa shape index (κ1) is 6.34. The summed E-state index contributed by atoms with van der Waals surface area (Å²) in [7, 11) is 0. The van der Waals surface area contributed by atoms with E-state index >= 15 is 0 Å². The fourth-order valence-corrected chi connectivity index (χ4v) is 2.78. The fourth-order valence-electron chi connectivity index (χ4n) is 0.905. The summed E-state index contributed by atoms with van der Waals surface area (Å²) in [4.78, 5) is 1.05. The highest BCUT2D eigenvalue weighted by molar-refractivity contribution is 7.22.